The summed E-state index contributed by atoms with van der Waals surface area (Å²) in [4.78, 5) is 2.55. The topological polar surface area (TPSA) is 47.1 Å². The first kappa shape index (κ1) is 17.2. The van der Waals surface area contributed by atoms with E-state index in [4.69, 9.17) is 5.73 Å². The Morgan fingerprint density at radius 2 is 2.00 bits per heavy atom. The molecule has 0 saturated carbocycles. The monoisotopic (exact) mass is 280 g/mol. The van der Waals surface area contributed by atoms with Crippen molar-refractivity contribution in [1.29, 1.82) is 0 Å². The summed E-state index contributed by atoms with van der Waals surface area (Å²) < 4.78 is 2.02. The predicted molar refractivity (Wildman–Crippen MR) is 85.8 cm³/mol. The van der Waals surface area contributed by atoms with E-state index in [1.807, 2.05) is 10.9 Å². The van der Waals surface area contributed by atoms with Crippen LogP contribution in [0.4, 0.5) is 0 Å². The van der Waals surface area contributed by atoms with Gasteiger partial charge < -0.3 is 5.73 Å². The Hall–Kier alpha value is -0.870. The van der Waals surface area contributed by atoms with Crippen LogP contribution in [0.1, 0.15) is 71.5 Å². The Labute approximate surface area is 124 Å². The number of unbranched alkanes of at least 4 members (excludes halogenated alkanes) is 1. The Kier molecular flexibility index (Phi) is 7.24. The molecule has 0 fully saturated rings. The maximum atomic E-state index is 6.08. The minimum Gasteiger partial charge on any atom is -0.329 e. The van der Waals surface area contributed by atoms with Crippen LogP contribution in [-0.4, -0.2) is 33.8 Å². The molecule has 0 saturated heterocycles. The van der Waals surface area contributed by atoms with Crippen LogP contribution in [0, 0.1) is 0 Å². The molecule has 4 heteroatoms. The smallest absolute Gasteiger partial charge is 0.0538 e. The summed E-state index contributed by atoms with van der Waals surface area (Å²) in [5, 5.41) is 4.47. The lowest BCUT2D eigenvalue weighted by atomic mass is 10.1. The normalized spacial score (nSPS) is 15.0. The summed E-state index contributed by atoms with van der Waals surface area (Å²) >= 11 is 0. The highest BCUT2D eigenvalue weighted by Gasteiger charge is 2.24. The van der Waals surface area contributed by atoms with Gasteiger partial charge in [-0.25, -0.2) is 0 Å². The van der Waals surface area contributed by atoms with Gasteiger partial charge in [0.05, 0.1) is 12.2 Å². The molecule has 1 aromatic heterocycles. The second-order valence-corrected chi connectivity index (χ2v) is 5.95. The molecule has 2 atom stereocenters. The molecule has 0 aliphatic rings. The average molecular weight is 280 g/mol. The number of aromatic nitrogens is 2. The van der Waals surface area contributed by atoms with Gasteiger partial charge >= 0.3 is 0 Å². The quantitative estimate of drug-likeness (QED) is 0.754. The predicted octanol–water partition coefficient (Wildman–Crippen LogP) is 3.36. The summed E-state index contributed by atoms with van der Waals surface area (Å²) in [6.45, 7) is 12.8. The highest BCUT2D eigenvalue weighted by Crippen LogP contribution is 2.24. The van der Waals surface area contributed by atoms with E-state index in [0.29, 0.717) is 18.6 Å². The van der Waals surface area contributed by atoms with Gasteiger partial charge in [0.2, 0.25) is 0 Å². The van der Waals surface area contributed by atoms with Gasteiger partial charge in [-0.2, -0.15) is 5.10 Å². The standard InChI is InChI=1S/C16H32N4/c1-6-8-9-19(14(5)7-2)16(10-17)15-11-18-20(12-15)13(3)4/h11-14,16H,6-10,17H2,1-5H3. The summed E-state index contributed by atoms with van der Waals surface area (Å²) in [7, 11) is 0. The van der Waals surface area contributed by atoms with Crippen LogP contribution in [0.5, 0.6) is 0 Å². The van der Waals surface area contributed by atoms with Gasteiger partial charge in [-0.15, -0.1) is 0 Å². The molecule has 1 heterocycles. The maximum Gasteiger partial charge on any atom is 0.0538 e. The van der Waals surface area contributed by atoms with Crippen LogP contribution in [-0.2, 0) is 0 Å². The van der Waals surface area contributed by atoms with Gasteiger partial charge in [-0.05, 0) is 40.2 Å². The van der Waals surface area contributed by atoms with Crippen molar-refractivity contribution in [2.24, 2.45) is 5.73 Å². The largest absolute Gasteiger partial charge is 0.329 e. The van der Waals surface area contributed by atoms with Crippen LogP contribution >= 0.6 is 0 Å². The molecule has 4 nitrogen and oxygen atoms in total. The summed E-state index contributed by atoms with van der Waals surface area (Å²) in [6.07, 6.45) is 7.73. The molecule has 1 rings (SSSR count). The molecule has 0 amide bonds. The van der Waals surface area contributed by atoms with Crippen molar-refractivity contribution in [1.82, 2.24) is 14.7 Å². The van der Waals surface area contributed by atoms with E-state index in [9.17, 15) is 0 Å². The van der Waals surface area contributed by atoms with Gasteiger partial charge in [-0.1, -0.05) is 20.3 Å². The van der Waals surface area contributed by atoms with Gasteiger partial charge in [0, 0.05) is 30.4 Å². The molecule has 2 unspecified atom stereocenters. The molecular weight excluding hydrogens is 248 g/mol. The SMILES string of the molecule is CCCCN(C(C)CC)C(CN)c1cnn(C(C)C)c1. The third-order valence-electron chi connectivity index (χ3n) is 4.09. The zero-order valence-electron chi connectivity index (χ0n) is 13.8. The van der Waals surface area contributed by atoms with E-state index in [2.05, 4.69) is 50.8 Å². The van der Waals surface area contributed by atoms with Crippen LogP contribution < -0.4 is 5.73 Å². The molecule has 1 aromatic rings. The molecule has 0 aliphatic heterocycles. The summed E-state index contributed by atoms with van der Waals surface area (Å²) in [6, 6.07) is 1.23. The number of hydrogen-bond donors (Lipinski definition) is 1. The highest BCUT2D eigenvalue weighted by molar-refractivity contribution is 5.12. The molecule has 0 aromatic carbocycles. The van der Waals surface area contributed by atoms with E-state index in [0.717, 1.165) is 13.0 Å². The fourth-order valence-corrected chi connectivity index (χ4v) is 2.53. The van der Waals surface area contributed by atoms with Gasteiger partial charge in [0.1, 0.15) is 0 Å². The van der Waals surface area contributed by atoms with Crippen LogP contribution in [0.25, 0.3) is 0 Å². The Balaban J connectivity index is 2.92. The average Bonchev–Trinajstić information content (AvgIpc) is 2.92. The van der Waals surface area contributed by atoms with Crippen LogP contribution in [0.15, 0.2) is 12.4 Å². The second kappa shape index (κ2) is 8.42. The van der Waals surface area contributed by atoms with Crippen molar-refractivity contribution < 1.29 is 0 Å². The first-order valence-electron chi connectivity index (χ1n) is 8.04. The fourth-order valence-electron chi connectivity index (χ4n) is 2.53. The zero-order chi connectivity index (χ0) is 15.1. The minimum atomic E-state index is 0.281. The lowest BCUT2D eigenvalue weighted by Crippen LogP contribution is -2.40. The summed E-state index contributed by atoms with van der Waals surface area (Å²) in [5.41, 5.74) is 7.32. The van der Waals surface area contributed by atoms with Crippen LogP contribution in [0.2, 0.25) is 0 Å². The van der Waals surface area contributed by atoms with E-state index in [1.54, 1.807) is 0 Å². The first-order chi connectivity index (χ1) is 9.54. The number of hydrogen-bond acceptors (Lipinski definition) is 3. The molecular formula is C16H32N4. The van der Waals surface area contributed by atoms with Gasteiger partial charge in [0.15, 0.2) is 0 Å². The lowest BCUT2D eigenvalue weighted by molar-refractivity contribution is 0.141. The molecule has 0 aliphatic carbocycles. The van der Waals surface area contributed by atoms with Crippen LogP contribution in [0.3, 0.4) is 0 Å². The lowest BCUT2D eigenvalue weighted by Gasteiger charge is -2.35. The summed E-state index contributed by atoms with van der Waals surface area (Å²) in [5.74, 6) is 0. The van der Waals surface area contributed by atoms with E-state index < -0.39 is 0 Å². The second-order valence-electron chi connectivity index (χ2n) is 5.95. The van der Waals surface area contributed by atoms with Crippen molar-refractivity contribution in [3.05, 3.63) is 18.0 Å². The molecule has 0 bridgehead atoms. The maximum absolute atomic E-state index is 6.08. The Morgan fingerprint density at radius 1 is 1.30 bits per heavy atom. The number of rotatable bonds is 9. The molecule has 0 spiro atoms. The first-order valence-corrected chi connectivity index (χ1v) is 8.04. The molecule has 116 valence electrons. The van der Waals surface area contributed by atoms with Gasteiger partial charge in [0.25, 0.3) is 0 Å². The Morgan fingerprint density at radius 3 is 2.45 bits per heavy atom. The van der Waals surface area contributed by atoms with E-state index in [1.165, 1.54) is 18.4 Å². The number of nitrogens with zero attached hydrogens (tertiary/aromatic N) is 3. The van der Waals surface area contributed by atoms with Crippen molar-refractivity contribution in [3.63, 3.8) is 0 Å². The zero-order valence-corrected chi connectivity index (χ0v) is 13.8. The number of nitrogens with two attached hydrogens (primary N) is 1. The molecule has 2 N–H and O–H groups in total. The van der Waals surface area contributed by atoms with Crippen molar-refractivity contribution in [2.75, 3.05) is 13.1 Å². The molecule has 20 heavy (non-hydrogen) atoms. The van der Waals surface area contributed by atoms with E-state index in [-0.39, 0.29) is 6.04 Å². The Bertz CT molecular complexity index is 372. The van der Waals surface area contributed by atoms with Crippen molar-refractivity contribution >= 4 is 0 Å². The fraction of sp³-hybridized carbons (Fsp3) is 0.812. The van der Waals surface area contributed by atoms with E-state index >= 15 is 0 Å². The third kappa shape index (κ3) is 4.32. The van der Waals surface area contributed by atoms with Gasteiger partial charge in [-0.3, -0.25) is 9.58 Å². The molecule has 0 radical (unpaired) electrons. The highest BCUT2D eigenvalue weighted by atomic mass is 15.3. The minimum absolute atomic E-state index is 0.281. The third-order valence-corrected chi connectivity index (χ3v) is 4.09. The van der Waals surface area contributed by atoms with Crippen molar-refractivity contribution in [2.45, 2.75) is 72.0 Å². The van der Waals surface area contributed by atoms with Crippen molar-refractivity contribution in [3.8, 4) is 0 Å².